The van der Waals surface area contributed by atoms with Gasteiger partial charge in [0.2, 0.25) is 0 Å². The highest BCUT2D eigenvalue weighted by molar-refractivity contribution is 5.74. The minimum absolute atomic E-state index is 0.0708. The number of benzene rings is 4. The standard InChI is InChI=1S/C32H28N2/c1-32(2,3)28-16-10-15-27(21-28)30-22-29(33-31(34-30)26-13-8-5-9-14-26)25-19-17-24(18-20-25)23-11-6-4-7-12-23/h4-22H,1-3H3. The molecule has 0 bridgehead atoms. The Kier molecular flexibility index (Phi) is 5.81. The van der Waals surface area contributed by atoms with Crippen molar-refractivity contribution in [3.63, 3.8) is 0 Å². The second-order valence-corrected chi connectivity index (χ2v) is 9.60. The van der Waals surface area contributed by atoms with E-state index in [1.54, 1.807) is 0 Å². The summed E-state index contributed by atoms with van der Waals surface area (Å²) < 4.78 is 0. The van der Waals surface area contributed by atoms with E-state index in [-0.39, 0.29) is 5.41 Å². The van der Waals surface area contributed by atoms with E-state index in [0.717, 1.165) is 33.9 Å². The fraction of sp³-hybridized carbons (Fsp3) is 0.125. The number of nitrogens with zero attached hydrogens (tertiary/aromatic N) is 2. The van der Waals surface area contributed by atoms with Crippen molar-refractivity contribution in [2.24, 2.45) is 0 Å². The number of rotatable bonds is 4. The van der Waals surface area contributed by atoms with Crippen LogP contribution in [-0.4, -0.2) is 9.97 Å². The van der Waals surface area contributed by atoms with E-state index in [2.05, 4.69) is 112 Å². The van der Waals surface area contributed by atoms with Gasteiger partial charge < -0.3 is 0 Å². The van der Waals surface area contributed by atoms with Crippen LogP contribution in [-0.2, 0) is 5.41 Å². The lowest BCUT2D eigenvalue weighted by Crippen LogP contribution is -2.10. The van der Waals surface area contributed by atoms with Gasteiger partial charge in [-0.15, -0.1) is 0 Å². The zero-order chi connectivity index (χ0) is 23.5. The summed E-state index contributed by atoms with van der Waals surface area (Å²) in [7, 11) is 0. The first-order valence-electron chi connectivity index (χ1n) is 11.7. The van der Waals surface area contributed by atoms with Crippen LogP contribution in [0.2, 0.25) is 0 Å². The van der Waals surface area contributed by atoms with Gasteiger partial charge in [0.15, 0.2) is 5.82 Å². The Labute approximate surface area is 202 Å². The van der Waals surface area contributed by atoms with Gasteiger partial charge in [-0.1, -0.05) is 124 Å². The maximum atomic E-state index is 4.98. The first kappa shape index (κ1) is 21.8. The Balaban J connectivity index is 1.62. The van der Waals surface area contributed by atoms with Crippen molar-refractivity contribution in [3.05, 3.63) is 121 Å². The maximum absolute atomic E-state index is 4.98. The number of aromatic nitrogens is 2. The minimum atomic E-state index is 0.0708. The van der Waals surface area contributed by atoms with E-state index < -0.39 is 0 Å². The third kappa shape index (κ3) is 4.67. The zero-order valence-electron chi connectivity index (χ0n) is 19.9. The smallest absolute Gasteiger partial charge is 0.160 e. The maximum Gasteiger partial charge on any atom is 0.160 e. The van der Waals surface area contributed by atoms with E-state index in [9.17, 15) is 0 Å². The lowest BCUT2D eigenvalue weighted by Gasteiger charge is -2.20. The Bertz CT molecular complexity index is 1400. The molecule has 166 valence electrons. The van der Waals surface area contributed by atoms with Crippen LogP contribution in [0.25, 0.3) is 45.0 Å². The van der Waals surface area contributed by atoms with Gasteiger partial charge in [0.25, 0.3) is 0 Å². The molecule has 0 saturated heterocycles. The molecule has 0 spiro atoms. The highest BCUT2D eigenvalue weighted by atomic mass is 14.9. The Morgan fingerprint density at radius 2 is 0.941 bits per heavy atom. The predicted molar refractivity (Wildman–Crippen MR) is 142 cm³/mol. The van der Waals surface area contributed by atoms with Crippen LogP contribution in [0.3, 0.4) is 0 Å². The lowest BCUT2D eigenvalue weighted by molar-refractivity contribution is 0.590. The average Bonchev–Trinajstić information content (AvgIpc) is 2.89. The molecule has 1 aromatic heterocycles. The van der Waals surface area contributed by atoms with Gasteiger partial charge >= 0.3 is 0 Å². The molecular weight excluding hydrogens is 412 g/mol. The quantitative estimate of drug-likeness (QED) is 0.280. The molecule has 2 nitrogen and oxygen atoms in total. The molecule has 0 aliphatic carbocycles. The van der Waals surface area contributed by atoms with E-state index in [4.69, 9.17) is 9.97 Å². The topological polar surface area (TPSA) is 25.8 Å². The van der Waals surface area contributed by atoms with Gasteiger partial charge in [-0.3, -0.25) is 0 Å². The highest BCUT2D eigenvalue weighted by Gasteiger charge is 2.16. The summed E-state index contributed by atoms with van der Waals surface area (Å²) >= 11 is 0. The summed E-state index contributed by atoms with van der Waals surface area (Å²) in [6.07, 6.45) is 0. The molecule has 2 heteroatoms. The third-order valence-corrected chi connectivity index (χ3v) is 6.07. The molecule has 0 radical (unpaired) electrons. The van der Waals surface area contributed by atoms with E-state index in [1.807, 2.05) is 24.3 Å². The number of hydrogen-bond donors (Lipinski definition) is 0. The van der Waals surface area contributed by atoms with Crippen molar-refractivity contribution in [1.82, 2.24) is 9.97 Å². The third-order valence-electron chi connectivity index (χ3n) is 6.07. The molecule has 0 atom stereocenters. The van der Waals surface area contributed by atoms with Crippen molar-refractivity contribution in [2.75, 3.05) is 0 Å². The molecular formula is C32H28N2. The van der Waals surface area contributed by atoms with Gasteiger partial charge in [-0.25, -0.2) is 9.97 Å². The second kappa shape index (κ2) is 9.07. The van der Waals surface area contributed by atoms with Crippen LogP contribution < -0.4 is 0 Å². The molecule has 34 heavy (non-hydrogen) atoms. The first-order valence-corrected chi connectivity index (χ1v) is 11.7. The summed E-state index contributed by atoms with van der Waals surface area (Å²) in [5.41, 5.74) is 8.81. The molecule has 5 aromatic rings. The minimum Gasteiger partial charge on any atom is -0.228 e. The SMILES string of the molecule is CC(C)(C)c1cccc(-c2cc(-c3ccc(-c4ccccc4)cc3)nc(-c3ccccc3)n2)c1. The second-order valence-electron chi connectivity index (χ2n) is 9.60. The van der Waals surface area contributed by atoms with Crippen molar-refractivity contribution >= 4 is 0 Å². The zero-order valence-corrected chi connectivity index (χ0v) is 19.9. The van der Waals surface area contributed by atoms with Crippen LogP contribution in [0.4, 0.5) is 0 Å². The largest absolute Gasteiger partial charge is 0.228 e. The lowest BCUT2D eigenvalue weighted by atomic mass is 9.86. The normalized spacial score (nSPS) is 11.4. The monoisotopic (exact) mass is 440 g/mol. The molecule has 4 aromatic carbocycles. The van der Waals surface area contributed by atoms with Crippen molar-refractivity contribution < 1.29 is 0 Å². The Morgan fingerprint density at radius 1 is 0.441 bits per heavy atom. The average molecular weight is 441 g/mol. The summed E-state index contributed by atoms with van der Waals surface area (Å²) in [4.78, 5) is 9.94. The number of hydrogen-bond acceptors (Lipinski definition) is 2. The van der Waals surface area contributed by atoms with Crippen molar-refractivity contribution in [2.45, 2.75) is 26.2 Å². The summed E-state index contributed by atoms with van der Waals surface area (Å²) in [6, 6.07) is 40.0. The molecule has 0 aliphatic rings. The molecule has 0 unspecified atom stereocenters. The molecule has 0 N–H and O–H groups in total. The van der Waals surface area contributed by atoms with Gasteiger partial charge in [-0.2, -0.15) is 0 Å². The molecule has 5 rings (SSSR count). The van der Waals surface area contributed by atoms with E-state index in [0.29, 0.717) is 0 Å². The molecule has 0 fully saturated rings. The van der Waals surface area contributed by atoms with Crippen LogP contribution in [0.15, 0.2) is 115 Å². The summed E-state index contributed by atoms with van der Waals surface area (Å²) in [6.45, 7) is 6.71. The van der Waals surface area contributed by atoms with Crippen LogP contribution in [0.1, 0.15) is 26.3 Å². The predicted octanol–water partition coefficient (Wildman–Crippen LogP) is 8.44. The van der Waals surface area contributed by atoms with Crippen LogP contribution >= 0.6 is 0 Å². The van der Waals surface area contributed by atoms with Crippen LogP contribution in [0, 0.1) is 0 Å². The van der Waals surface area contributed by atoms with E-state index >= 15 is 0 Å². The van der Waals surface area contributed by atoms with Crippen molar-refractivity contribution in [1.29, 1.82) is 0 Å². The van der Waals surface area contributed by atoms with Gasteiger partial charge in [0.05, 0.1) is 11.4 Å². The van der Waals surface area contributed by atoms with Gasteiger partial charge in [0.1, 0.15) is 0 Å². The fourth-order valence-corrected chi connectivity index (χ4v) is 4.07. The van der Waals surface area contributed by atoms with Gasteiger partial charge in [0, 0.05) is 16.7 Å². The molecule has 1 heterocycles. The fourth-order valence-electron chi connectivity index (χ4n) is 4.07. The Morgan fingerprint density at radius 3 is 1.56 bits per heavy atom. The molecule has 0 saturated carbocycles. The molecule has 0 amide bonds. The van der Waals surface area contributed by atoms with Crippen molar-refractivity contribution in [3.8, 4) is 45.0 Å². The Hall–Kier alpha value is -4.04. The summed E-state index contributed by atoms with van der Waals surface area (Å²) in [5, 5.41) is 0. The highest BCUT2D eigenvalue weighted by Crippen LogP contribution is 2.31. The van der Waals surface area contributed by atoms with Gasteiger partial charge in [-0.05, 0) is 34.2 Å². The van der Waals surface area contributed by atoms with Crippen LogP contribution in [0.5, 0.6) is 0 Å². The van der Waals surface area contributed by atoms with E-state index in [1.165, 1.54) is 16.7 Å². The molecule has 0 aliphatic heterocycles. The summed E-state index contributed by atoms with van der Waals surface area (Å²) in [5.74, 6) is 0.737. The first-order chi connectivity index (χ1) is 16.5.